The molecule has 0 nitrogen and oxygen atoms in total. The van der Waals surface area contributed by atoms with Crippen molar-refractivity contribution >= 4 is 30.6 Å². The van der Waals surface area contributed by atoms with E-state index in [4.69, 9.17) is 0 Å². The number of rotatable bonds is 2. The van der Waals surface area contributed by atoms with Gasteiger partial charge >= 0.3 is 6.18 Å². The second-order valence-corrected chi connectivity index (χ2v) is 8.14. The molecule has 0 saturated heterocycles. The van der Waals surface area contributed by atoms with Crippen LogP contribution < -0.4 is 0 Å². The Balaban J connectivity index is 2.00. The van der Waals surface area contributed by atoms with Crippen LogP contribution in [0.25, 0.3) is 25.1 Å². The third-order valence-corrected chi connectivity index (χ3v) is 6.77. The van der Waals surface area contributed by atoms with Gasteiger partial charge in [0.1, 0.15) is 0 Å². The minimum Gasteiger partial charge on any atom is -0.171 e. The highest BCUT2D eigenvalue weighted by atomic mass is 32.2. The Labute approximate surface area is 146 Å². The highest BCUT2D eigenvalue weighted by molar-refractivity contribution is 7.50. The van der Waals surface area contributed by atoms with Gasteiger partial charge in [0.15, 0.2) is 14.3 Å². The largest absolute Gasteiger partial charge is 0.393 e. The maximum absolute atomic E-state index is 12.9. The van der Waals surface area contributed by atoms with Crippen molar-refractivity contribution in [1.82, 2.24) is 0 Å². The molecule has 4 aromatic rings. The van der Waals surface area contributed by atoms with Crippen LogP contribution in [0.2, 0.25) is 0 Å². The lowest BCUT2D eigenvalue weighted by atomic mass is 10.1. The molecule has 0 aliphatic rings. The SMILES string of the molecule is Cc1ccc(-[s+]2c3ccccc3c3ccccc32)cc1CC(F)(F)F. The van der Waals surface area contributed by atoms with Gasteiger partial charge in [-0.1, -0.05) is 30.3 Å². The van der Waals surface area contributed by atoms with E-state index < -0.39 is 12.6 Å². The molecule has 0 unspecified atom stereocenters. The fourth-order valence-corrected chi connectivity index (χ4v) is 5.72. The molecule has 0 N–H and O–H groups in total. The van der Waals surface area contributed by atoms with Crippen LogP contribution in [0, 0.1) is 6.92 Å². The van der Waals surface area contributed by atoms with Crippen molar-refractivity contribution in [3.05, 3.63) is 77.9 Å². The van der Waals surface area contributed by atoms with Crippen molar-refractivity contribution in [1.29, 1.82) is 0 Å². The van der Waals surface area contributed by atoms with E-state index in [0.717, 1.165) is 4.90 Å². The number of halogens is 3. The molecule has 0 spiro atoms. The van der Waals surface area contributed by atoms with E-state index in [9.17, 15) is 13.2 Å². The van der Waals surface area contributed by atoms with Crippen LogP contribution in [-0.2, 0) is 6.42 Å². The molecule has 0 bridgehead atoms. The lowest BCUT2D eigenvalue weighted by Crippen LogP contribution is -2.12. The van der Waals surface area contributed by atoms with Gasteiger partial charge in [-0.2, -0.15) is 13.2 Å². The molecule has 3 aromatic carbocycles. The Hall–Kier alpha value is -2.33. The first-order valence-electron chi connectivity index (χ1n) is 8.03. The van der Waals surface area contributed by atoms with Crippen LogP contribution in [0.1, 0.15) is 11.1 Å². The molecule has 25 heavy (non-hydrogen) atoms. The van der Waals surface area contributed by atoms with Gasteiger partial charge in [-0.05, 0) is 48.4 Å². The second kappa shape index (κ2) is 5.88. The summed E-state index contributed by atoms with van der Waals surface area (Å²) in [6.07, 6.45) is -5.08. The molecule has 0 amide bonds. The average Bonchev–Trinajstić information content (AvgIpc) is 2.90. The molecule has 0 fully saturated rings. The Bertz CT molecular complexity index is 1020. The summed E-state index contributed by atoms with van der Waals surface area (Å²) in [4.78, 5) is 0.947. The van der Waals surface area contributed by atoms with E-state index in [-0.39, 0.29) is 10.5 Å². The number of alkyl halides is 3. The summed E-state index contributed by atoms with van der Waals surface area (Å²) in [7, 11) is -0.355. The second-order valence-electron chi connectivity index (χ2n) is 6.18. The van der Waals surface area contributed by atoms with E-state index in [1.165, 1.54) is 20.2 Å². The summed E-state index contributed by atoms with van der Waals surface area (Å²) in [5.74, 6) is 0. The average molecular weight is 357 g/mol. The van der Waals surface area contributed by atoms with Crippen molar-refractivity contribution in [3.8, 4) is 4.90 Å². The normalized spacial score (nSPS) is 12.2. The molecule has 0 radical (unpaired) electrons. The summed E-state index contributed by atoms with van der Waals surface area (Å²) in [5.41, 5.74) is 1.05. The number of benzene rings is 3. The van der Waals surface area contributed by atoms with Crippen LogP contribution >= 0.6 is 10.5 Å². The van der Waals surface area contributed by atoms with Gasteiger partial charge in [0.2, 0.25) is 0 Å². The van der Waals surface area contributed by atoms with Crippen LogP contribution in [0.5, 0.6) is 0 Å². The molecule has 0 saturated carbocycles. The van der Waals surface area contributed by atoms with Crippen LogP contribution in [0.4, 0.5) is 13.2 Å². The zero-order valence-corrected chi connectivity index (χ0v) is 14.4. The van der Waals surface area contributed by atoms with E-state index in [0.29, 0.717) is 11.1 Å². The zero-order valence-electron chi connectivity index (χ0n) is 13.6. The minimum absolute atomic E-state index is 0.355. The van der Waals surface area contributed by atoms with E-state index in [2.05, 4.69) is 24.3 Å². The highest BCUT2D eigenvalue weighted by Gasteiger charge is 2.30. The summed E-state index contributed by atoms with van der Waals surface area (Å²) in [6, 6.07) is 21.9. The van der Waals surface area contributed by atoms with Crippen molar-refractivity contribution in [2.24, 2.45) is 0 Å². The van der Waals surface area contributed by atoms with Crippen molar-refractivity contribution in [2.75, 3.05) is 0 Å². The highest BCUT2D eigenvalue weighted by Crippen LogP contribution is 2.48. The van der Waals surface area contributed by atoms with E-state index in [1.807, 2.05) is 36.4 Å². The molecule has 0 atom stereocenters. The molecular formula is C21H16F3S+. The third-order valence-electron chi connectivity index (χ3n) is 4.45. The monoisotopic (exact) mass is 357 g/mol. The zero-order chi connectivity index (χ0) is 17.6. The molecule has 0 aliphatic carbocycles. The fraction of sp³-hybridized carbons (Fsp3) is 0.143. The first-order valence-corrected chi connectivity index (χ1v) is 9.25. The van der Waals surface area contributed by atoms with Gasteiger partial charge < -0.3 is 0 Å². The lowest BCUT2D eigenvalue weighted by molar-refractivity contribution is -0.127. The molecule has 0 aliphatic heterocycles. The Morgan fingerprint density at radius 2 is 1.36 bits per heavy atom. The molecule has 1 heterocycles. The molecule has 4 rings (SSSR count). The van der Waals surface area contributed by atoms with Crippen molar-refractivity contribution in [3.63, 3.8) is 0 Å². The molecule has 126 valence electrons. The smallest absolute Gasteiger partial charge is 0.171 e. The van der Waals surface area contributed by atoms with Gasteiger partial charge in [0.05, 0.1) is 6.42 Å². The van der Waals surface area contributed by atoms with Gasteiger partial charge in [-0.3, -0.25) is 0 Å². The first kappa shape index (κ1) is 16.2. The molecular weight excluding hydrogens is 341 g/mol. The van der Waals surface area contributed by atoms with Crippen LogP contribution in [-0.4, -0.2) is 6.18 Å². The number of aryl methyl sites for hydroxylation is 1. The maximum Gasteiger partial charge on any atom is 0.393 e. The topological polar surface area (TPSA) is 0 Å². The third kappa shape index (κ3) is 2.91. The number of thiophene rings is 1. The fourth-order valence-electron chi connectivity index (χ4n) is 3.29. The summed E-state index contributed by atoms with van der Waals surface area (Å²) < 4.78 is 41.1. The van der Waals surface area contributed by atoms with Gasteiger partial charge in [-0.25, -0.2) is 0 Å². The van der Waals surface area contributed by atoms with E-state index in [1.54, 1.807) is 13.0 Å². The van der Waals surface area contributed by atoms with Gasteiger partial charge in [0, 0.05) is 27.3 Å². The maximum atomic E-state index is 12.9. The minimum atomic E-state index is -4.20. The Morgan fingerprint density at radius 1 is 0.800 bits per heavy atom. The van der Waals surface area contributed by atoms with Crippen LogP contribution in [0.15, 0.2) is 66.7 Å². The predicted molar refractivity (Wildman–Crippen MR) is 99.8 cm³/mol. The lowest BCUT2D eigenvalue weighted by Gasteiger charge is -2.09. The Morgan fingerprint density at radius 3 is 1.92 bits per heavy atom. The number of hydrogen-bond acceptors (Lipinski definition) is 0. The van der Waals surface area contributed by atoms with Crippen LogP contribution in [0.3, 0.4) is 0 Å². The predicted octanol–water partition coefficient (Wildman–Crippen LogP) is 7.14. The Kier molecular flexibility index (Phi) is 3.80. The number of hydrogen-bond donors (Lipinski definition) is 0. The number of fused-ring (bicyclic) bond motifs is 3. The van der Waals surface area contributed by atoms with Gasteiger partial charge in [-0.15, -0.1) is 0 Å². The summed E-state index contributed by atoms with van der Waals surface area (Å²) in [5, 5.41) is 2.36. The first-order chi connectivity index (χ1) is 11.9. The van der Waals surface area contributed by atoms with Gasteiger partial charge in [0.25, 0.3) is 0 Å². The molecule has 1 aromatic heterocycles. The molecule has 4 heteroatoms. The summed E-state index contributed by atoms with van der Waals surface area (Å²) >= 11 is 0. The summed E-state index contributed by atoms with van der Waals surface area (Å²) in [6.45, 7) is 1.74. The quantitative estimate of drug-likeness (QED) is 0.334. The van der Waals surface area contributed by atoms with Crippen molar-refractivity contribution in [2.45, 2.75) is 19.5 Å². The van der Waals surface area contributed by atoms with Crippen molar-refractivity contribution < 1.29 is 13.2 Å². The van der Waals surface area contributed by atoms with E-state index >= 15 is 0 Å². The standard InChI is InChI=1S/C21H16F3S/c1-14-10-11-16(12-15(14)13-21(22,23)24)25-19-8-4-2-6-17(19)18-7-3-5-9-20(18)25/h2-12H,13H2,1H3/q+1.